The van der Waals surface area contributed by atoms with E-state index in [2.05, 4.69) is 12.2 Å². The summed E-state index contributed by atoms with van der Waals surface area (Å²) in [6.07, 6.45) is 2.20. The van der Waals surface area contributed by atoms with Crippen LogP contribution < -0.4 is 5.32 Å². The average Bonchev–Trinajstić information content (AvgIpc) is 1.63. The molecule has 0 fully saturated rings. The SMILES string of the molecule is CCCC(C)NC(C)=O. The molecule has 2 heteroatoms. The third-order valence-corrected chi connectivity index (χ3v) is 1.17. The molecular formula is C7H15NO. The molecule has 1 N–H and O–H groups in total. The Morgan fingerprint density at radius 1 is 1.67 bits per heavy atom. The van der Waals surface area contributed by atoms with Crippen molar-refractivity contribution in [2.75, 3.05) is 0 Å². The second kappa shape index (κ2) is 4.36. The van der Waals surface area contributed by atoms with E-state index in [0.717, 1.165) is 12.8 Å². The molecule has 0 aromatic rings. The molecule has 0 bridgehead atoms. The molecule has 9 heavy (non-hydrogen) atoms. The van der Waals surface area contributed by atoms with Gasteiger partial charge < -0.3 is 5.32 Å². The molecule has 0 spiro atoms. The van der Waals surface area contributed by atoms with Gasteiger partial charge in [0.15, 0.2) is 0 Å². The van der Waals surface area contributed by atoms with Gasteiger partial charge in [-0.15, -0.1) is 0 Å². The normalized spacial score (nSPS) is 12.8. The fourth-order valence-electron chi connectivity index (χ4n) is 0.852. The monoisotopic (exact) mass is 129 g/mol. The Balaban J connectivity index is 3.26. The van der Waals surface area contributed by atoms with Crippen molar-refractivity contribution in [2.24, 2.45) is 0 Å². The van der Waals surface area contributed by atoms with E-state index in [1.165, 1.54) is 0 Å². The number of rotatable bonds is 3. The summed E-state index contributed by atoms with van der Waals surface area (Å²) in [6.45, 7) is 5.68. The van der Waals surface area contributed by atoms with Gasteiger partial charge in [-0.2, -0.15) is 0 Å². The van der Waals surface area contributed by atoms with Crippen LogP contribution in [0.25, 0.3) is 0 Å². The molecule has 0 aliphatic carbocycles. The maximum atomic E-state index is 10.4. The van der Waals surface area contributed by atoms with E-state index in [9.17, 15) is 4.79 Å². The summed E-state index contributed by atoms with van der Waals surface area (Å²) in [6, 6.07) is 0.340. The topological polar surface area (TPSA) is 29.1 Å². The minimum absolute atomic E-state index is 0.0657. The molecule has 1 unspecified atom stereocenters. The summed E-state index contributed by atoms with van der Waals surface area (Å²) in [7, 11) is 0. The first-order valence-corrected chi connectivity index (χ1v) is 3.44. The number of amides is 1. The molecule has 0 aliphatic heterocycles. The van der Waals surface area contributed by atoms with Crippen molar-refractivity contribution < 1.29 is 4.79 Å². The number of hydrogen-bond acceptors (Lipinski definition) is 1. The van der Waals surface area contributed by atoms with Crippen molar-refractivity contribution in [1.82, 2.24) is 5.32 Å². The van der Waals surface area contributed by atoms with E-state index in [1.54, 1.807) is 6.92 Å². The van der Waals surface area contributed by atoms with Gasteiger partial charge in [0.2, 0.25) is 5.91 Å². The molecule has 54 valence electrons. The van der Waals surface area contributed by atoms with Crippen molar-refractivity contribution in [3.05, 3.63) is 0 Å². The molecule has 0 radical (unpaired) electrons. The van der Waals surface area contributed by atoms with Crippen LogP contribution in [0.4, 0.5) is 0 Å². The fourth-order valence-corrected chi connectivity index (χ4v) is 0.852. The zero-order valence-electron chi connectivity index (χ0n) is 6.40. The Bertz CT molecular complexity index is 90.9. The van der Waals surface area contributed by atoms with Gasteiger partial charge in [0, 0.05) is 13.0 Å². The van der Waals surface area contributed by atoms with Crippen LogP contribution in [0.5, 0.6) is 0 Å². The van der Waals surface area contributed by atoms with Crippen LogP contribution >= 0.6 is 0 Å². The van der Waals surface area contributed by atoms with Gasteiger partial charge in [-0.25, -0.2) is 0 Å². The van der Waals surface area contributed by atoms with E-state index in [4.69, 9.17) is 0 Å². The van der Waals surface area contributed by atoms with Crippen LogP contribution in [0.3, 0.4) is 0 Å². The molecule has 0 saturated heterocycles. The zero-order valence-corrected chi connectivity index (χ0v) is 6.40. The molecule has 0 rings (SSSR count). The van der Waals surface area contributed by atoms with E-state index in [0.29, 0.717) is 6.04 Å². The first-order chi connectivity index (χ1) is 4.16. The summed E-state index contributed by atoms with van der Waals surface area (Å²) in [5.74, 6) is 0.0657. The first-order valence-electron chi connectivity index (χ1n) is 3.44. The van der Waals surface area contributed by atoms with Gasteiger partial charge in [-0.1, -0.05) is 13.3 Å². The van der Waals surface area contributed by atoms with Gasteiger partial charge in [-0.05, 0) is 13.3 Å². The Labute approximate surface area is 56.6 Å². The molecule has 1 atom stereocenters. The van der Waals surface area contributed by atoms with Crippen LogP contribution in [0, 0.1) is 0 Å². The lowest BCUT2D eigenvalue weighted by atomic mass is 10.2. The Morgan fingerprint density at radius 3 is 2.56 bits per heavy atom. The Kier molecular flexibility index (Phi) is 4.10. The van der Waals surface area contributed by atoms with Gasteiger partial charge >= 0.3 is 0 Å². The number of carbonyl (C=O) groups is 1. The number of nitrogens with one attached hydrogen (secondary N) is 1. The Hall–Kier alpha value is -0.530. The lowest BCUT2D eigenvalue weighted by Crippen LogP contribution is -2.29. The molecule has 2 nitrogen and oxygen atoms in total. The maximum absolute atomic E-state index is 10.4. The summed E-state index contributed by atoms with van der Waals surface area (Å²) >= 11 is 0. The zero-order chi connectivity index (χ0) is 7.28. The van der Waals surface area contributed by atoms with Crippen LogP contribution in [0.15, 0.2) is 0 Å². The molecular weight excluding hydrogens is 114 g/mol. The first kappa shape index (κ1) is 8.47. The summed E-state index contributed by atoms with van der Waals surface area (Å²) in [4.78, 5) is 10.4. The van der Waals surface area contributed by atoms with E-state index < -0.39 is 0 Å². The van der Waals surface area contributed by atoms with Crippen LogP contribution in [-0.2, 0) is 4.79 Å². The van der Waals surface area contributed by atoms with Crippen LogP contribution in [0.2, 0.25) is 0 Å². The second-order valence-electron chi connectivity index (χ2n) is 2.39. The highest BCUT2D eigenvalue weighted by Crippen LogP contribution is 1.93. The minimum atomic E-state index is 0.0657. The molecule has 0 aromatic carbocycles. The highest BCUT2D eigenvalue weighted by Gasteiger charge is 1.99. The smallest absolute Gasteiger partial charge is 0.217 e. The van der Waals surface area contributed by atoms with Crippen molar-refractivity contribution in [1.29, 1.82) is 0 Å². The second-order valence-corrected chi connectivity index (χ2v) is 2.39. The molecule has 1 amide bonds. The van der Waals surface area contributed by atoms with Crippen molar-refractivity contribution in [3.8, 4) is 0 Å². The van der Waals surface area contributed by atoms with E-state index in [-0.39, 0.29) is 5.91 Å². The third-order valence-electron chi connectivity index (χ3n) is 1.17. The van der Waals surface area contributed by atoms with Crippen LogP contribution in [-0.4, -0.2) is 11.9 Å². The fraction of sp³-hybridized carbons (Fsp3) is 0.857. The van der Waals surface area contributed by atoms with Gasteiger partial charge in [0.05, 0.1) is 0 Å². The summed E-state index contributed by atoms with van der Waals surface area (Å²) < 4.78 is 0. The van der Waals surface area contributed by atoms with Crippen molar-refractivity contribution in [2.45, 2.75) is 39.7 Å². The number of carbonyl (C=O) groups excluding carboxylic acids is 1. The highest BCUT2D eigenvalue weighted by molar-refractivity contribution is 5.73. The predicted molar refractivity (Wildman–Crippen MR) is 38.2 cm³/mol. The van der Waals surface area contributed by atoms with E-state index in [1.807, 2.05) is 6.92 Å². The van der Waals surface area contributed by atoms with Crippen LogP contribution in [0.1, 0.15) is 33.6 Å². The molecule has 0 saturated carbocycles. The lowest BCUT2D eigenvalue weighted by Gasteiger charge is -2.09. The average molecular weight is 129 g/mol. The summed E-state index contributed by atoms with van der Waals surface area (Å²) in [5, 5.41) is 2.80. The standard InChI is InChI=1S/C7H15NO/c1-4-5-6(2)8-7(3)9/h6H,4-5H2,1-3H3,(H,8,9). The lowest BCUT2D eigenvalue weighted by molar-refractivity contribution is -0.119. The van der Waals surface area contributed by atoms with Crippen molar-refractivity contribution in [3.63, 3.8) is 0 Å². The molecule has 0 aliphatic rings. The van der Waals surface area contributed by atoms with Gasteiger partial charge in [-0.3, -0.25) is 4.79 Å². The molecule has 0 aromatic heterocycles. The van der Waals surface area contributed by atoms with Gasteiger partial charge in [0.25, 0.3) is 0 Å². The predicted octanol–water partition coefficient (Wildman–Crippen LogP) is 1.31. The number of hydrogen-bond donors (Lipinski definition) is 1. The minimum Gasteiger partial charge on any atom is -0.354 e. The van der Waals surface area contributed by atoms with Crippen molar-refractivity contribution >= 4 is 5.91 Å². The van der Waals surface area contributed by atoms with Gasteiger partial charge in [0.1, 0.15) is 0 Å². The quantitative estimate of drug-likeness (QED) is 0.611. The third kappa shape index (κ3) is 5.34. The molecule has 0 heterocycles. The summed E-state index contributed by atoms with van der Waals surface area (Å²) in [5.41, 5.74) is 0. The van der Waals surface area contributed by atoms with E-state index >= 15 is 0 Å². The highest BCUT2D eigenvalue weighted by atomic mass is 16.1. The maximum Gasteiger partial charge on any atom is 0.217 e. The largest absolute Gasteiger partial charge is 0.354 e. The Morgan fingerprint density at radius 2 is 2.22 bits per heavy atom.